The minimum Gasteiger partial charge on any atom is -0.287 e. The van der Waals surface area contributed by atoms with Crippen LogP contribution in [0.4, 0.5) is 0 Å². The van der Waals surface area contributed by atoms with Crippen molar-refractivity contribution in [2.75, 3.05) is 0 Å². The van der Waals surface area contributed by atoms with Crippen LogP contribution in [-0.2, 0) is 0 Å². The first-order valence-corrected chi connectivity index (χ1v) is 5.53. The van der Waals surface area contributed by atoms with Crippen molar-refractivity contribution in [1.29, 1.82) is 0 Å². The number of halogens is 1. The van der Waals surface area contributed by atoms with Crippen LogP contribution in [0, 0.1) is 0 Å². The van der Waals surface area contributed by atoms with Gasteiger partial charge in [0, 0.05) is 6.20 Å². The van der Waals surface area contributed by atoms with E-state index in [1.165, 1.54) is 22.7 Å². The summed E-state index contributed by atoms with van der Waals surface area (Å²) in [6.45, 7) is 0. The molecule has 0 bridgehead atoms. The fourth-order valence-corrected chi connectivity index (χ4v) is 2.52. The summed E-state index contributed by atoms with van der Waals surface area (Å²) in [6, 6.07) is 3.45. The van der Waals surface area contributed by atoms with E-state index in [0.29, 0.717) is 14.1 Å². The van der Waals surface area contributed by atoms with E-state index in [1.807, 2.05) is 0 Å². The van der Waals surface area contributed by atoms with Crippen molar-refractivity contribution in [2.45, 2.75) is 0 Å². The Labute approximate surface area is 87.8 Å². The van der Waals surface area contributed by atoms with Gasteiger partial charge in [0.25, 0.3) is 0 Å². The summed E-state index contributed by atoms with van der Waals surface area (Å²) in [5.41, 5.74) is 1.64. The summed E-state index contributed by atoms with van der Waals surface area (Å²) in [5, 5.41) is 0. The monoisotopic (exact) mass is 229 g/mol. The molecule has 2 aromatic heterocycles. The number of thiophene rings is 1. The maximum absolute atomic E-state index is 11.6. The van der Waals surface area contributed by atoms with Crippen LogP contribution in [0.5, 0.6) is 0 Å². The highest BCUT2D eigenvalue weighted by atomic mass is 35.5. The number of hydrogen-bond acceptors (Lipinski definition) is 4. The summed E-state index contributed by atoms with van der Waals surface area (Å²) in [4.78, 5) is 16.8. The van der Waals surface area contributed by atoms with E-state index in [9.17, 15) is 4.79 Å². The van der Waals surface area contributed by atoms with Gasteiger partial charge in [0.1, 0.15) is 0 Å². The van der Waals surface area contributed by atoms with Crippen molar-refractivity contribution in [3.63, 3.8) is 0 Å². The summed E-state index contributed by atoms with van der Waals surface area (Å²) < 4.78 is 0.632. The van der Waals surface area contributed by atoms with Crippen LogP contribution in [0.25, 0.3) is 0 Å². The zero-order valence-electron chi connectivity index (χ0n) is 6.36. The van der Waals surface area contributed by atoms with Crippen LogP contribution in [0.15, 0.2) is 23.8 Å². The Kier molecular flexibility index (Phi) is 2.44. The molecule has 0 spiro atoms. The van der Waals surface area contributed by atoms with E-state index >= 15 is 0 Å². The first-order chi connectivity index (χ1) is 6.27. The lowest BCUT2D eigenvalue weighted by molar-refractivity contribution is 0.104. The lowest BCUT2D eigenvalue weighted by Gasteiger charge is -1.89. The molecule has 0 fully saturated rings. The molecule has 2 rings (SSSR count). The summed E-state index contributed by atoms with van der Waals surface area (Å²) in [7, 11) is 0. The third-order valence-electron chi connectivity index (χ3n) is 1.45. The van der Waals surface area contributed by atoms with Gasteiger partial charge in [0.05, 0.1) is 19.6 Å². The van der Waals surface area contributed by atoms with E-state index in [0.717, 1.165) is 0 Å². The molecule has 0 aliphatic rings. The summed E-state index contributed by atoms with van der Waals surface area (Å²) >= 11 is 8.35. The van der Waals surface area contributed by atoms with Crippen molar-refractivity contribution >= 4 is 40.1 Å². The molecule has 0 saturated heterocycles. The Morgan fingerprint density at radius 3 is 2.77 bits per heavy atom. The molecule has 2 heterocycles. The largest absolute Gasteiger partial charge is 0.287 e. The van der Waals surface area contributed by atoms with E-state index in [-0.39, 0.29) is 5.78 Å². The van der Waals surface area contributed by atoms with E-state index < -0.39 is 0 Å². The topological polar surface area (TPSA) is 30.0 Å². The summed E-state index contributed by atoms with van der Waals surface area (Å²) in [6.07, 6.45) is 1.57. The lowest BCUT2D eigenvalue weighted by atomic mass is 10.3. The molecule has 0 aliphatic carbocycles. The molecule has 0 unspecified atom stereocenters. The normalized spacial score (nSPS) is 10.2. The number of rotatable bonds is 2. The van der Waals surface area contributed by atoms with Crippen molar-refractivity contribution in [3.05, 3.63) is 37.9 Å². The first-order valence-electron chi connectivity index (χ1n) is 3.46. The molecule has 0 N–H and O–H groups in total. The molecule has 13 heavy (non-hydrogen) atoms. The van der Waals surface area contributed by atoms with E-state index in [4.69, 9.17) is 11.6 Å². The fourth-order valence-electron chi connectivity index (χ4n) is 0.886. The van der Waals surface area contributed by atoms with Crippen LogP contribution in [0.2, 0.25) is 4.34 Å². The number of thiazole rings is 1. The highest BCUT2D eigenvalue weighted by Gasteiger charge is 2.12. The van der Waals surface area contributed by atoms with E-state index in [2.05, 4.69) is 4.98 Å². The second-order valence-corrected chi connectivity index (χ2v) is 4.90. The predicted molar refractivity (Wildman–Crippen MR) is 54.9 cm³/mol. The van der Waals surface area contributed by atoms with Crippen molar-refractivity contribution in [1.82, 2.24) is 4.98 Å². The Balaban J connectivity index is 2.33. The third-order valence-corrected chi connectivity index (χ3v) is 3.45. The van der Waals surface area contributed by atoms with Crippen molar-refractivity contribution in [2.24, 2.45) is 0 Å². The number of ketones is 1. The number of hydrogen-bond donors (Lipinski definition) is 0. The summed E-state index contributed by atoms with van der Waals surface area (Å²) in [5.74, 6) is -0.000556. The highest BCUT2D eigenvalue weighted by Crippen LogP contribution is 2.24. The molecular weight excluding hydrogens is 226 g/mol. The van der Waals surface area contributed by atoms with Gasteiger partial charge >= 0.3 is 0 Å². The number of carbonyl (C=O) groups is 1. The lowest BCUT2D eigenvalue weighted by Crippen LogP contribution is -1.93. The van der Waals surface area contributed by atoms with Gasteiger partial charge < -0.3 is 0 Å². The quantitative estimate of drug-likeness (QED) is 0.741. The van der Waals surface area contributed by atoms with Gasteiger partial charge in [-0.3, -0.25) is 9.78 Å². The van der Waals surface area contributed by atoms with Gasteiger partial charge in [-0.2, -0.15) is 0 Å². The molecule has 2 nitrogen and oxygen atoms in total. The van der Waals surface area contributed by atoms with Crippen LogP contribution in [-0.4, -0.2) is 10.8 Å². The maximum Gasteiger partial charge on any atom is 0.214 e. The van der Waals surface area contributed by atoms with Gasteiger partial charge in [-0.15, -0.1) is 22.7 Å². The van der Waals surface area contributed by atoms with Crippen LogP contribution in [0.3, 0.4) is 0 Å². The molecule has 0 amide bonds. The molecule has 0 radical (unpaired) electrons. The average Bonchev–Trinajstić information content (AvgIpc) is 2.72. The Bertz CT molecular complexity index is 421. The highest BCUT2D eigenvalue weighted by molar-refractivity contribution is 7.19. The van der Waals surface area contributed by atoms with Gasteiger partial charge in [-0.25, -0.2) is 0 Å². The number of carbonyl (C=O) groups excluding carboxylic acids is 1. The second kappa shape index (κ2) is 3.57. The molecule has 5 heteroatoms. The average molecular weight is 230 g/mol. The van der Waals surface area contributed by atoms with Gasteiger partial charge in [0.15, 0.2) is 0 Å². The smallest absolute Gasteiger partial charge is 0.214 e. The minimum absolute atomic E-state index is 0.000556. The van der Waals surface area contributed by atoms with Crippen molar-refractivity contribution in [3.8, 4) is 0 Å². The van der Waals surface area contributed by atoms with Crippen molar-refractivity contribution < 1.29 is 4.79 Å². The number of nitrogens with zero attached hydrogens (tertiary/aromatic N) is 1. The Morgan fingerprint density at radius 2 is 2.23 bits per heavy atom. The number of aromatic nitrogens is 1. The second-order valence-electron chi connectivity index (χ2n) is 2.30. The zero-order chi connectivity index (χ0) is 9.26. The van der Waals surface area contributed by atoms with Crippen LogP contribution >= 0.6 is 34.3 Å². The van der Waals surface area contributed by atoms with Crippen LogP contribution in [0.1, 0.15) is 14.5 Å². The molecule has 0 atom stereocenters. The first kappa shape index (κ1) is 8.87. The van der Waals surface area contributed by atoms with Crippen LogP contribution < -0.4 is 0 Å². The standard InChI is InChI=1S/C8H4ClNOS2/c9-7-2-1-5(13-7)8(11)6-3-10-4-12-6/h1-4H. The Hall–Kier alpha value is -0.710. The third kappa shape index (κ3) is 1.80. The minimum atomic E-state index is -0.000556. The SMILES string of the molecule is O=C(c1cncs1)c1ccc(Cl)s1. The maximum atomic E-state index is 11.6. The van der Waals surface area contributed by atoms with Gasteiger partial charge in [-0.05, 0) is 12.1 Å². The van der Waals surface area contributed by atoms with Gasteiger partial charge in [0.2, 0.25) is 5.78 Å². The molecule has 0 aliphatic heterocycles. The van der Waals surface area contributed by atoms with E-state index in [1.54, 1.807) is 23.8 Å². The molecule has 2 aromatic rings. The molecule has 0 aromatic carbocycles. The molecule has 0 saturated carbocycles. The van der Waals surface area contributed by atoms with Gasteiger partial charge in [-0.1, -0.05) is 11.6 Å². The fraction of sp³-hybridized carbons (Fsp3) is 0. The Morgan fingerprint density at radius 1 is 1.38 bits per heavy atom. The molecule has 66 valence electrons. The predicted octanol–water partition coefficient (Wildman–Crippen LogP) is 3.09. The zero-order valence-corrected chi connectivity index (χ0v) is 8.75. The molecular formula is C8H4ClNOS2.